The van der Waals surface area contributed by atoms with E-state index >= 15 is 0 Å². The number of imidazole rings is 1. The third-order valence-corrected chi connectivity index (χ3v) is 2.91. The van der Waals surface area contributed by atoms with Gasteiger partial charge in [-0.2, -0.15) is 4.98 Å². The highest BCUT2D eigenvalue weighted by atomic mass is 16.4. The van der Waals surface area contributed by atoms with Gasteiger partial charge in [0.1, 0.15) is 5.52 Å². The Bertz CT molecular complexity index is 793. The highest BCUT2D eigenvalue weighted by Gasteiger charge is 2.21. The van der Waals surface area contributed by atoms with Crippen LogP contribution in [-0.2, 0) is 5.41 Å². The van der Waals surface area contributed by atoms with Gasteiger partial charge in [-0.3, -0.25) is 0 Å². The first kappa shape index (κ1) is 11.0. The molecule has 5 heteroatoms. The Morgan fingerprint density at radius 2 is 2.06 bits per heavy atom. The lowest BCUT2D eigenvalue weighted by Gasteiger charge is -2.18. The van der Waals surface area contributed by atoms with Gasteiger partial charge < -0.3 is 9.40 Å². The molecule has 1 aromatic carbocycles. The maximum Gasteiger partial charge on any atom is 0.439 e. The minimum atomic E-state index is -0.575. The zero-order valence-corrected chi connectivity index (χ0v) is 10.4. The molecule has 0 aliphatic heterocycles. The van der Waals surface area contributed by atoms with Crippen LogP contribution in [0.4, 0.5) is 0 Å². The lowest BCUT2D eigenvalue weighted by atomic mass is 9.89. The normalized spacial score (nSPS) is 12.4. The van der Waals surface area contributed by atoms with E-state index in [9.17, 15) is 4.79 Å². The van der Waals surface area contributed by atoms with E-state index < -0.39 is 5.76 Å². The molecule has 3 rings (SSSR count). The van der Waals surface area contributed by atoms with Crippen molar-refractivity contribution in [1.82, 2.24) is 15.0 Å². The van der Waals surface area contributed by atoms with Gasteiger partial charge in [0.2, 0.25) is 0 Å². The molecule has 2 heterocycles. The predicted octanol–water partition coefficient (Wildman–Crippen LogP) is 2.36. The van der Waals surface area contributed by atoms with Crippen molar-refractivity contribution in [1.29, 1.82) is 0 Å². The van der Waals surface area contributed by atoms with E-state index in [1.165, 1.54) is 0 Å². The van der Waals surface area contributed by atoms with Crippen molar-refractivity contribution in [2.75, 3.05) is 0 Å². The second-order valence-corrected chi connectivity index (χ2v) is 5.32. The molecule has 0 radical (unpaired) electrons. The third-order valence-electron chi connectivity index (χ3n) is 2.91. The molecular weight excluding hydrogens is 230 g/mol. The van der Waals surface area contributed by atoms with Gasteiger partial charge in [0.15, 0.2) is 5.58 Å². The number of nitrogens with one attached hydrogen (secondary N) is 1. The van der Waals surface area contributed by atoms with Gasteiger partial charge in [-0.1, -0.05) is 20.8 Å². The standard InChI is InChI=1S/C13H13N3O2/c1-13(2,3)11-7-4-5-8-9(15-6-14-8)10(7)18-12(17)16-11/h4-6H,1-3H3,(H,14,15). The highest BCUT2D eigenvalue weighted by Crippen LogP contribution is 2.29. The molecule has 2 aromatic heterocycles. The molecule has 92 valence electrons. The largest absolute Gasteiger partial charge is 0.439 e. The summed E-state index contributed by atoms with van der Waals surface area (Å²) in [4.78, 5) is 22.8. The van der Waals surface area contributed by atoms with E-state index in [4.69, 9.17) is 4.42 Å². The fourth-order valence-corrected chi connectivity index (χ4v) is 2.11. The first-order valence-corrected chi connectivity index (χ1v) is 5.74. The molecule has 0 aliphatic carbocycles. The second kappa shape index (κ2) is 3.41. The topological polar surface area (TPSA) is 71.8 Å². The summed E-state index contributed by atoms with van der Waals surface area (Å²) in [6, 6.07) is 3.79. The summed E-state index contributed by atoms with van der Waals surface area (Å²) in [5.74, 6) is -0.575. The predicted molar refractivity (Wildman–Crippen MR) is 68.6 cm³/mol. The van der Waals surface area contributed by atoms with E-state index in [1.807, 2.05) is 32.9 Å². The van der Waals surface area contributed by atoms with E-state index in [1.54, 1.807) is 6.33 Å². The second-order valence-electron chi connectivity index (χ2n) is 5.32. The molecular formula is C13H13N3O2. The zero-order chi connectivity index (χ0) is 12.9. The van der Waals surface area contributed by atoms with Crippen LogP contribution in [-0.4, -0.2) is 15.0 Å². The minimum Gasteiger partial charge on any atom is -0.406 e. The fourth-order valence-electron chi connectivity index (χ4n) is 2.11. The number of benzene rings is 1. The Hall–Kier alpha value is -2.17. The Labute approximate surface area is 103 Å². The Morgan fingerprint density at radius 1 is 1.28 bits per heavy atom. The molecule has 0 bridgehead atoms. The summed E-state index contributed by atoms with van der Waals surface area (Å²) in [6.45, 7) is 6.06. The van der Waals surface area contributed by atoms with Gasteiger partial charge >= 0.3 is 5.76 Å². The van der Waals surface area contributed by atoms with Crippen molar-refractivity contribution >= 4 is 22.0 Å². The van der Waals surface area contributed by atoms with Gasteiger partial charge in [0.25, 0.3) is 0 Å². The Kier molecular flexibility index (Phi) is 2.08. The number of fused-ring (bicyclic) bond motifs is 3. The molecule has 5 nitrogen and oxygen atoms in total. The van der Waals surface area contributed by atoms with Gasteiger partial charge in [0, 0.05) is 10.8 Å². The van der Waals surface area contributed by atoms with Crippen LogP contribution in [0.3, 0.4) is 0 Å². The number of aromatic amines is 1. The summed E-state index contributed by atoms with van der Waals surface area (Å²) in [5, 5.41) is 0.846. The summed E-state index contributed by atoms with van der Waals surface area (Å²) >= 11 is 0. The van der Waals surface area contributed by atoms with Gasteiger partial charge in [0.05, 0.1) is 17.5 Å². The fraction of sp³-hybridized carbons (Fsp3) is 0.308. The summed E-state index contributed by atoms with van der Waals surface area (Å²) < 4.78 is 5.23. The van der Waals surface area contributed by atoms with Crippen LogP contribution in [0.1, 0.15) is 26.5 Å². The molecule has 3 aromatic rings. The summed E-state index contributed by atoms with van der Waals surface area (Å²) in [7, 11) is 0. The molecule has 1 N–H and O–H groups in total. The zero-order valence-electron chi connectivity index (χ0n) is 10.4. The van der Waals surface area contributed by atoms with Gasteiger partial charge in [-0.15, -0.1) is 0 Å². The van der Waals surface area contributed by atoms with E-state index in [0.29, 0.717) is 5.58 Å². The quantitative estimate of drug-likeness (QED) is 0.658. The molecule has 0 amide bonds. The molecule has 0 unspecified atom stereocenters. The molecule has 0 spiro atoms. The molecule has 0 aliphatic rings. The number of hydrogen-bond donors (Lipinski definition) is 1. The lowest BCUT2D eigenvalue weighted by molar-refractivity contribution is 0.500. The molecule has 0 saturated carbocycles. The molecule has 0 saturated heterocycles. The number of hydrogen-bond acceptors (Lipinski definition) is 4. The lowest BCUT2D eigenvalue weighted by Crippen LogP contribution is -2.19. The maximum atomic E-state index is 11.6. The average Bonchev–Trinajstić information content (AvgIpc) is 2.74. The number of aromatic nitrogens is 3. The molecule has 18 heavy (non-hydrogen) atoms. The maximum absolute atomic E-state index is 11.6. The SMILES string of the molecule is CC(C)(C)c1nc(=O)oc2c1ccc1nc[nH]c12. The van der Waals surface area contributed by atoms with Crippen LogP contribution < -0.4 is 5.76 Å². The van der Waals surface area contributed by atoms with Crippen molar-refractivity contribution in [3.8, 4) is 0 Å². The number of nitrogens with zero attached hydrogens (tertiary/aromatic N) is 2. The van der Waals surface area contributed by atoms with E-state index in [0.717, 1.165) is 22.1 Å². The van der Waals surface area contributed by atoms with Crippen LogP contribution in [0.2, 0.25) is 0 Å². The van der Waals surface area contributed by atoms with Crippen molar-refractivity contribution in [2.45, 2.75) is 26.2 Å². The van der Waals surface area contributed by atoms with Gasteiger partial charge in [-0.05, 0) is 12.1 Å². The van der Waals surface area contributed by atoms with Gasteiger partial charge in [-0.25, -0.2) is 9.78 Å². The molecule has 0 fully saturated rings. The average molecular weight is 243 g/mol. The summed E-state index contributed by atoms with van der Waals surface area (Å²) in [5.41, 5.74) is 2.55. The smallest absolute Gasteiger partial charge is 0.406 e. The van der Waals surface area contributed by atoms with Crippen molar-refractivity contribution < 1.29 is 4.42 Å². The minimum absolute atomic E-state index is 0.220. The van der Waals surface area contributed by atoms with Crippen LogP contribution in [0.15, 0.2) is 27.7 Å². The van der Waals surface area contributed by atoms with E-state index in [2.05, 4.69) is 15.0 Å². The van der Waals surface area contributed by atoms with Crippen LogP contribution >= 0.6 is 0 Å². The molecule has 0 atom stereocenters. The monoisotopic (exact) mass is 243 g/mol. The Morgan fingerprint density at radius 3 is 2.78 bits per heavy atom. The van der Waals surface area contributed by atoms with Crippen LogP contribution in [0, 0.1) is 0 Å². The Balaban J connectivity index is 2.56. The summed E-state index contributed by atoms with van der Waals surface area (Å²) in [6.07, 6.45) is 1.58. The van der Waals surface area contributed by atoms with Crippen LogP contribution in [0.25, 0.3) is 22.0 Å². The van der Waals surface area contributed by atoms with Crippen molar-refractivity contribution in [2.24, 2.45) is 0 Å². The first-order valence-electron chi connectivity index (χ1n) is 5.74. The number of rotatable bonds is 0. The number of H-pyrrole nitrogens is 1. The van der Waals surface area contributed by atoms with E-state index in [-0.39, 0.29) is 5.41 Å². The van der Waals surface area contributed by atoms with Crippen molar-refractivity contribution in [3.05, 3.63) is 34.7 Å². The van der Waals surface area contributed by atoms with Crippen LogP contribution in [0.5, 0.6) is 0 Å². The third kappa shape index (κ3) is 1.51. The van der Waals surface area contributed by atoms with Crippen molar-refractivity contribution in [3.63, 3.8) is 0 Å². The highest BCUT2D eigenvalue weighted by molar-refractivity contribution is 6.01. The first-order chi connectivity index (χ1) is 8.47.